The molecule has 0 radical (unpaired) electrons. The van der Waals surface area contributed by atoms with Crippen LogP contribution in [0, 0.1) is 0 Å². The zero-order chi connectivity index (χ0) is 10.7. The van der Waals surface area contributed by atoms with Crippen molar-refractivity contribution in [2.45, 2.75) is 6.04 Å². The lowest BCUT2D eigenvalue weighted by Gasteiger charge is -2.09. The molecule has 1 atom stereocenters. The lowest BCUT2D eigenvalue weighted by Crippen LogP contribution is -2.22. The van der Waals surface area contributed by atoms with E-state index in [1.54, 1.807) is 18.2 Å². The van der Waals surface area contributed by atoms with E-state index in [4.69, 9.17) is 17.3 Å². The molecule has 15 heavy (non-hydrogen) atoms. The molecule has 0 saturated carbocycles. The Morgan fingerprint density at radius 2 is 2.20 bits per heavy atom. The highest BCUT2D eigenvalue weighted by Gasteiger charge is 2.16. The number of esters is 1. The Hall–Kier alpha value is -0.290. The van der Waals surface area contributed by atoms with Crippen molar-refractivity contribution in [3.8, 4) is 0 Å². The van der Waals surface area contributed by atoms with Crippen molar-refractivity contribution in [3.63, 3.8) is 0 Å². The van der Waals surface area contributed by atoms with Crippen molar-refractivity contribution in [1.82, 2.24) is 0 Å². The van der Waals surface area contributed by atoms with E-state index in [0.29, 0.717) is 10.6 Å². The van der Waals surface area contributed by atoms with Crippen molar-refractivity contribution in [2.75, 3.05) is 7.11 Å². The highest BCUT2D eigenvalue weighted by atomic mass is 79.9. The average molecular weight is 315 g/mol. The molecule has 0 aromatic heterocycles. The first-order chi connectivity index (χ1) is 6.56. The minimum atomic E-state index is -0.786. The van der Waals surface area contributed by atoms with E-state index >= 15 is 0 Å². The summed E-state index contributed by atoms with van der Waals surface area (Å²) in [7, 11) is 1.29. The SMILES string of the molecule is COC(=O)C(N)c1ccc(Br)c(Cl)c1.Cl. The van der Waals surface area contributed by atoms with Gasteiger partial charge in [0.15, 0.2) is 0 Å². The highest BCUT2D eigenvalue weighted by Crippen LogP contribution is 2.25. The Labute approximate surface area is 107 Å². The number of carbonyl (C=O) groups is 1. The molecule has 0 amide bonds. The maximum atomic E-state index is 11.1. The van der Waals surface area contributed by atoms with Crippen LogP contribution in [0.3, 0.4) is 0 Å². The van der Waals surface area contributed by atoms with Crippen molar-refractivity contribution < 1.29 is 9.53 Å². The Balaban J connectivity index is 0.00000196. The molecule has 1 rings (SSSR count). The Morgan fingerprint density at radius 1 is 1.60 bits per heavy atom. The van der Waals surface area contributed by atoms with Crippen LogP contribution in [0.15, 0.2) is 22.7 Å². The number of nitrogens with two attached hydrogens (primary N) is 1. The summed E-state index contributed by atoms with van der Waals surface area (Å²) in [5.41, 5.74) is 6.25. The molecule has 1 unspecified atom stereocenters. The molecule has 0 spiro atoms. The molecule has 1 aromatic carbocycles. The van der Waals surface area contributed by atoms with Gasteiger partial charge in [0.25, 0.3) is 0 Å². The molecule has 84 valence electrons. The average Bonchev–Trinajstić information content (AvgIpc) is 2.20. The first kappa shape index (κ1) is 14.7. The van der Waals surface area contributed by atoms with Gasteiger partial charge in [0, 0.05) is 4.47 Å². The molecule has 0 aliphatic heterocycles. The van der Waals surface area contributed by atoms with Crippen LogP contribution in [0.25, 0.3) is 0 Å². The van der Waals surface area contributed by atoms with E-state index in [2.05, 4.69) is 20.7 Å². The normalized spacial score (nSPS) is 11.5. The summed E-state index contributed by atoms with van der Waals surface area (Å²) in [6.45, 7) is 0. The summed E-state index contributed by atoms with van der Waals surface area (Å²) in [5, 5.41) is 0.516. The fraction of sp³-hybridized carbons (Fsp3) is 0.222. The molecule has 0 fully saturated rings. The summed E-state index contributed by atoms with van der Waals surface area (Å²) >= 11 is 9.09. The topological polar surface area (TPSA) is 52.3 Å². The Kier molecular flexibility index (Phi) is 6.20. The number of benzene rings is 1. The van der Waals surface area contributed by atoms with Gasteiger partial charge in [0.2, 0.25) is 0 Å². The summed E-state index contributed by atoms with van der Waals surface area (Å²) in [6, 6.07) is 4.30. The van der Waals surface area contributed by atoms with E-state index in [0.717, 1.165) is 4.47 Å². The highest BCUT2D eigenvalue weighted by molar-refractivity contribution is 9.10. The van der Waals surface area contributed by atoms with Gasteiger partial charge in [-0.15, -0.1) is 12.4 Å². The van der Waals surface area contributed by atoms with Gasteiger partial charge in [-0.25, -0.2) is 0 Å². The molecule has 0 aliphatic carbocycles. The van der Waals surface area contributed by atoms with E-state index < -0.39 is 12.0 Å². The molecule has 0 aliphatic rings. The minimum Gasteiger partial charge on any atom is -0.468 e. The van der Waals surface area contributed by atoms with Gasteiger partial charge >= 0.3 is 5.97 Å². The number of carbonyl (C=O) groups excluding carboxylic acids is 1. The van der Waals surface area contributed by atoms with Gasteiger partial charge in [-0.3, -0.25) is 4.79 Å². The quantitative estimate of drug-likeness (QED) is 0.854. The van der Waals surface area contributed by atoms with Crippen molar-refractivity contribution in [3.05, 3.63) is 33.3 Å². The lowest BCUT2D eigenvalue weighted by molar-refractivity contribution is -0.142. The first-order valence-electron chi connectivity index (χ1n) is 3.84. The predicted octanol–water partition coefficient (Wildman–Crippen LogP) is 2.70. The number of hydrogen-bond donors (Lipinski definition) is 1. The van der Waals surface area contributed by atoms with E-state index in [9.17, 15) is 4.79 Å². The third kappa shape index (κ3) is 3.65. The zero-order valence-corrected chi connectivity index (χ0v) is 11.0. The van der Waals surface area contributed by atoms with Crippen LogP contribution in [-0.4, -0.2) is 13.1 Å². The fourth-order valence-electron chi connectivity index (χ4n) is 0.969. The van der Waals surface area contributed by atoms with E-state index in [1.165, 1.54) is 7.11 Å². The number of ether oxygens (including phenoxy) is 1. The minimum absolute atomic E-state index is 0. The molecular formula is C9H10BrCl2NO2. The van der Waals surface area contributed by atoms with E-state index in [-0.39, 0.29) is 12.4 Å². The van der Waals surface area contributed by atoms with Crippen molar-refractivity contribution >= 4 is 45.9 Å². The van der Waals surface area contributed by atoms with Gasteiger partial charge in [0.05, 0.1) is 12.1 Å². The Bertz CT molecular complexity index is 360. The maximum absolute atomic E-state index is 11.1. The molecule has 0 saturated heterocycles. The summed E-state index contributed by atoms with van der Waals surface area (Å²) in [6.07, 6.45) is 0. The molecule has 6 heteroatoms. The Morgan fingerprint density at radius 3 is 2.67 bits per heavy atom. The van der Waals surface area contributed by atoms with Gasteiger partial charge in [0.1, 0.15) is 6.04 Å². The molecule has 3 nitrogen and oxygen atoms in total. The third-order valence-electron chi connectivity index (χ3n) is 1.76. The van der Waals surface area contributed by atoms with Gasteiger partial charge in [-0.1, -0.05) is 17.7 Å². The summed E-state index contributed by atoms with van der Waals surface area (Å²) in [4.78, 5) is 11.1. The predicted molar refractivity (Wildman–Crippen MR) is 65.3 cm³/mol. The molecule has 0 bridgehead atoms. The van der Waals surface area contributed by atoms with Crippen LogP contribution in [0.1, 0.15) is 11.6 Å². The molecule has 1 aromatic rings. The summed E-state index contributed by atoms with van der Waals surface area (Å²) < 4.78 is 5.28. The van der Waals surface area contributed by atoms with Crippen LogP contribution in [0.4, 0.5) is 0 Å². The monoisotopic (exact) mass is 313 g/mol. The van der Waals surface area contributed by atoms with Gasteiger partial charge < -0.3 is 10.5 Å². The fourth-order valence-corrected chi connectivity index (χ4v) is 1.40. The largest absolute Gasteiger partial charge is 0.468 e. The molecular weight excluding hydrogens is 305 g/mol. The standard InChI is InChI=1S/C9H9BrClNO2.ClH/c1-14-9(13)8(12)5-2-3-6(10)7(11)4-5;/h2-4,8H,12H2,1H3;1H. The second kappa shape index (κ2) is 6.33. The van der Waals surface area contributed by atoms with Crippen LogP contribution >= 0.6 is 39.9 Å². The first-order valence-corrected chi connectivity index (χ1v) is 5.01. The van der Waals surface area contributed by atoms with Crippen molar-refractivity contribution in [2.24, 2.45) is 5.73 Å². The number of hydrogen-bond acceptors (Lipinski definition) is 3. The van der Waals surface area contributed by atoms with E-state index in [1.807, 2.05) is 0 Å². The number of rotatable bonds is 2. The van der Waals surface area contributed by atoms with Crippen LogP contribution in [-0.2, 0) is 9.53 Å². The zero-order valence-electron chi connectivity index (χ0n) is 7.87. The summed E-state index contributed by atoms with van der Waals surface area (Å²) in [5.74, 6) is -0.483. The molecule has 0 heterocycles. The van der Waals surface area contributed by atoms with Crippen LogP contribution in [0.2, 0.25) is 5.02 Å². The number of halogens is 3. The van der Waals surface area contributed by atoms with Gasteiger partial charge in [-0.2, -0.15) is 0 Å². The maximum Gasteiger partial charge on any atom is 0.327 e. The second-order valence-electron chi connectivity index (χ2n) is 2.67. The molecule has 2 N–H and O–H groups in total. The van der Waals surface area contributed by atoms with Gasteiger partial charge in [-0.05, 0) is 33.6 Å². The number of methoxy groups -OCH3 is 1. The smallest absolute Gasteiger partial charge is 0.327 e. The third-order valence-corrected chi connectivity index (χ3v) is 2.99. The lowest BCUT2D eigenvalue weighted by atomic mass is 10.1. The van der Waals surface area contributed by atoms with Crippen molar-refractivity contribution in [1.29, 1.82) is 0 Å². The second-order valence-corrected chi connectivity index (χ2v) is 3.94. The van der Waals surface area contributed by atoms with Crippen LogP contribution in [0.5, 0.6) is 0 Å². The van der Waals surface area contributed by atoms with Crippen LogP contribution < -0.4 is 5.73 Å².